The molecule has 0 saturated carbocycles. The Balaban J connectivity index is 1.87. The number of hydrogen-bond donors (Lipinski definition) is 1. The molecular weight excluding hydrogens is 292 g/mol. The molecule has 2 rings (SSSR count). The van der Waals surface area contributed by atoms with Gasteiger partial charge in [0.05, 0.1) is 0 Å². The topological polar surface area (TPSA) is 32.3 Å². The Hall–Kier alpha value is -1.00. The molecule has 1 fully saturated rings. The van der Waals surface area contributed by atoms with Gasteiger partial charge >= 0.3 is 0 Å². The molecule has 1 heterocycles. The van der Waals surface area contributed by atoms with Crippen molar-refractivity contribution in [3.8, 4) is 0 Å². The van der Waals surface area contributed by atoms with E-state index in [1.54, 1.807) is 0 Å². The molecule has 0 atom stereocenters. The first-order valence-corrected chi connectivity index (χ1v) is 9.24. The highest BCUT2D eigenvalue weighted by Gasteiger charge is 2.23. The third-order valence-corrected chi connectivity index (χ3v) is 5.07. The summed E-state index contributed by atoms with van der Waals surface area (Å²) >= 11 is 1.83. The Labute approximate surface area is 138 Å². The minimum absolute atomic E-state index is 0.183. The second-order valence-electron chi connectivity index (χ2n) is 6.23. The monoisotopic (exact) mass is 320 g/mol. The summed E-state index contributed by atoms with van der Waals surface area (Å²) in [6.45, 7) is 10.4. The van der Waals surface area contributed by atoms with Crippen LogP contribution in [0.25, 0.3) is 0 Å². The van der Waals surface area contributed by atoms with E-state index in [4.69, 9.17) is 0 Å². The number of rotatable bonds is 6. The largest absolute Gasteiger partial charge is 0.339 e. The summed E-state index contributed by atoms with van der Waals surface area (Å²) in [6, 6.07) is 8.07. The molecule has 1 saturated heterocycles. The van der Waals surface area contributed by atoms with Crippen molar-refractivity contribution in [1.82, 2.24) is 10.2 Å². The van der Waals surface area contributed by atoms with Crippen molar-refractivity contribution in [3.63, 3.8) is 0 Å². The van der Waals surface area contributed by atoms with Crippen LogP contribution in [-0.4, -0.2) is 42.2 Å². The first-order chi connectivity index (χ1) is 10.6. The fourth-order valence-electron chi connectivity index (χ4n) is 2.82. The molecule has 0 bridgehead atoms. The molecular formula is C18H28N2OS. The molecule has 122 valence electrons. The number of piperidine rings is 1. The van der Waals surface area contributed by atoms with Gasteiger partial charge in [0.1, 0.15) is 0 Å². The maximum Gasteiger partial charge on any atom is 0.253 e. The molecule has 0 aliphatic carbocycles. The summed E-state index contributed by atoms with van der Waals surface area (Å²) in [7, 11) is 0. The van der Waals surface area contributed by atoms with Crippen molar-refractivity contribution in [2.24, 2.45) is 5.92 Å². The number of likely N-dealkylation sites (tertiary alicyclic amines) is 1. The normalized spacial score (nSPS) is 16.3. The number of benzene rings is 1. The van der Waals surface area contributed by atoms with Gasteiger partial charge in [0.2, 0.25) is 0 Å². The zero-order valence-electron chi connectivity index (χ0n) is 14.0. The average molecular weight is 321 g/mol. The first kappa shape index (κ1) is 17.4. The number of hydrogen-bond acceptors (Lipinski definition) is 3. The second kappa shape index (κ2) is 8.59. The lowest BCUT2D eigenvalue weighted by atomic mass is 9.96. The van der Waals surface area contributed by atoms with Crippen LogP contribution in [0.2, 0.25) is 0 Å². The highest BCUT2D eigenvalue weighted by molar-refractivity contribution is 7.99. The Kier molecular flexibility index (Phi) is 6.77. The van der Waals surface area contributed by atoms with Gasteiger partial charge in [-0.05, 0) is 56.1 Å². The van der Waals surface area contributed by atoms with Gasteiger partial charge < -0.3 is 10.2 Å². The number of carbonyl (C=O) groups excluding carboxylic acids is 1. The van der Waals surface area contributed by atoms with Gasteiger partial charge in [0.25, 0.3) is 5.91 Å². The molecule has 4 heteroatoms. The van der Waals surface area contributed by atoms with Crippen molar-refractivity contribution in [3.05, 3.63) is 29.8 Å². The van der Waals surface area contributed by atoms with Crippen LogP contribution in [0.3, 0.4) is 0 Å². The zero-order valence-corrected chi connectivity index (χ0v) is 14.8. The summed E-state index contributed by atoms with van der Waals surface area (Å²) in [5.41, 5.74) is 0.818. The summed E-state index contributed by atoms with van der Waals surface area (Å²) in [6.07, 6.45) is 2.22. The molecule has 1 aliphatic heterocycles. The fraction of sp³-hybridized carbons (Fsp3) is 0.611. The van der Waals surface area contributed by atoms with E-state index in [0.717, 1.165) is 44.6 Å². The van der Waals surface area contributed by atoms with Crippen molar-refractivity contribution in [2.75, 3.05) is 26.2 Å². The van der Waals surface area contributed by atoms with Gasteiger partial charge in [-0.1, -0.05) is 20.8 Å². The minimum atomic E-state index is 0.183. The SMILES string of the molecule is CCNCC1CCN(C(=O)c2ccc(SC(C)C)cc2)CC1. The standard InChI is InChI=1S/C18H28N2OS/c1-4-19-13-15-9-11-20(12-10-15)18(21)16-5-7-17(8-6-16)22-14(2)3/h5-8,14-15,19H,4,9-13H2,1-3H3. The number of nitrogens with zero attached hydrogens (tertiary/aromatic N) is 1. The Bertz CT molecular complexity index is 464. The molecule has 22 heavy (non-hydrogen) atoms. The van der Waals surface area contributed by atoms with E-state index < -0.39 is 0 Å². The molecule has 1 amide bonds. The second-order valence-corrected chi connectivity index (χ2v) is 7.88. The Morgan fingerprint density at radius 3 is 2.45 bits per heavy atom. The van der Waals surface area contributed by atoms with E-state index in [0.29, 0.717) is 11.2 Å². The third kappa shape index (κ3) is 5.03. The number of nitrogens with one attached hydrogen (secondary N) is 1. The average Bonchev–Trinajstić information content (AvgIpc) is 2.53. The molecule has 3 nitrogen and oxygen atoms in total. The number of thioether (sulfide) groups is 1. The lowest BCUT2D eigenvalue weighted by Gasteiger charge is -2.32. The van der Waals surface area contributed by atoms with Crippen LogP contribution >= 0.6 is 11.8 Å². The van der Waals surface area contributed by atoms with E-state index in [2.05, 4.69) is 38.2 Å². The van der Waals surface area contributed by atoms with Gasteiger partial charge in [0.15, 0.2) is 0 Å². The maximum atomic E-state index is 12.6. The molecule has 1 aliphatic rings. The van der Waals surface area contributed by atoms with E-state index >= 15 is 0 Å². The summed E-state index contributed by atoms with van der Waals surface area (Å²) in [4.78, 5) is 15.8. The van der Waals surface area contributed by atoms with Gasteiger partial charge in [0, 0.05) is 28.8 Å². The molecule has 1 aromatic rings. The Morgan fingerprint density at radius 2 is 1.91 bits per heavy atom. The predicted octanol–water partition coefficient (Wildman–Crippen LogP) is 3.65. The maximum absolute atomic E-state index is 12.6. The van der Waals surface area contributed by atoms with E-state index in [1.807, 2.05) is 28.8 Å². The molecule has 0 radical (unpaired) electrons. The molecule has 0 spiro atoms. The van der Waals surface area contributed by atoms with Crippen molar-refractivity contribution >= 4 is 17.7 Å². The molecule has 0 aromatic heterocycles. The number of amides is 1. The highest BCUT2D eigenvalue weighted by Crippen LogP contribution is 2.24. The summed E-state index contributed by atoms with van der Waals surface area (Å²) in [5.74, 6) is 0.900. The molecule has 1 N–H and O–H groups in total. The minimum Gasteiger partial charge on any atom is -0.339 e. The van der Waals surface area contributed by atoms with E-state index in [1.165, 1.54) is 4.90 Å². The highest BCUT2D eigenvalue weighted by atomic mass is 32.2. The van der Waals surface area contributed by atoms with Gasteiger partial charge in [-0.3, -0.25) is 4.79 Å². The van der Waals surface area contributed by atoms with Crippen LogP contribution in [0.15, 0.2) is 29.2 Å². The summed E-state index contributed by atoms with van der Waals surface area (Å²) in [5, 5.41) is 3.98. The van der Waals surface area contributed by atoms with Crippen LogP contribution in [0.5, 0.6) is 0 Å². The quantitative estimate of drug-likeness (QED) is 0.812. The van der Waals surface area contributed by atoms with Crippen molar-refractivity contribution < 1.29 is 4.79 Å². The summed E-state index contributed by atoms with van der Waals surface area (Å²) < 4.78 is 0. The van der Waals surface area contributed by atoms with E-state index in [9.17, 15) is 4.79 Å². The third-order valence-electron chi connectivity index (χ3n) is 4.06. The molecule has 0 unspecified atom stereocenters. The fourth-order valence-corrected chi connectivity index (χ4v) is 3.66. The van der Waals surface area contributed by atoms with E-state index in [-0.39, 0.29) is 5.91 Å². The van der Waals surface area contributed by atoms with Crippen LogP contribution < -0.4 is 5.32 Å². The zero-order chi connectivity index (χ0) is 15.9. The lowest BCUT2D eigenvalue weighted by molar-refractivity contribution is 0.0690. The predicted molar refractivity (Wildman–Crippen MR) is 94.6 cm³/mol. The van der Waals surface area contributed by atoms with Gasteiger partial charge in [-0.15, -0.1) is 11.8 Å². The van der Waals surface area contributed by atoms with Crippen LogP contribution in [0, 0.1) is 5.92 Å². The van der Waals surface area contributed by atoms with Crippen LogP contribution in [-0.2, 0) is 0 Å². The van der Waals surface area contributed by atoms with Gasteiger partial charge in [-0.2, -0.15) is 0 Å². The first-order valence-electron chi connectivity index (χ1n) is 8.37. The van der Waals surface area contributed by atoms with Gasteiger partial charge in [-0.25, -0.2) is 0 Å². The van der Waals surface area contributed by atoms with Crippen LogP contribution in [0.4, 0.5) is 0 Å². The van der Waals surface area contributed by atoms with Crippen LogP contribution in [0.1, 0.15) is 44.0 Å². The Morgan fingerprint density at radius 1 is 1.27 bits per heavy atom. The van der Waals surface area contributed by atoms with Crippen molar-refractivity contribution in [1.29, 1.82) is 0 Å². The smallest absolute Gasteiger partial charge is 0.253 e. The number of carbonyl (C=O) groups is 1. The van der Waals surface area contributed by atoms with Crippen molar-refractivity contribution in [2.45, 2.75) is 43.8 Å². The molecule has 1 aromatic carbocycles. The lowest BCUT2D eigenvalue weighted by Crippen LogP contribution is -2.40.